The minimum absolute atomic E-state index is 0.0108. The van der Waals surface area contributed by atoms with E-state index >= 15 is 0 Å². The molecule has 2 aromatic carbocycles. The quantitative estimate of drug-likeness (QED) is 0.356. The average Bonchev–Trinajstić information content (AvgIpc) is 2.61. The van der Waals surface area contributed by atoms with E-state index in [4.69, 9.17) is 38.5 Å². The van der Waals surface area contributed by atoms with Gasteiger partial charge in [-0.25, -0.2) is 4.79 Å². The molecule has 0 saturated carbocycles. The van der Waals surface area contributed by atoms with Crippen LogP contribution in [-0.4, -0.2) is 18.9 Å². The Balaban J connectivity index is 2.21. The van der Waals surface area contributed by atoms with Crippen molar-refractivity contribution >= 4 is 35.0 Å². The summed E-state index contributed by atoms with van der Waals surface area (Å²) in [5.41, 5.74) is 7.67. The predicted molar refractivity (Wildman–Crippen MR) is 99.7 cm³/mol. The first-order valence-electron chi connectivity index (χ1n) is 7.52. The Labute approximate surface area is 156 Å². The monoisotopic (exact) mass is 380 g/mol. The lowest BCUT2D eigenvalue weighted by Gasteiger charge is -2.10. The van der Waals surface area contributed by atoms with Crippen LogP contribution in [0.4, 0.5) is 0 Å². The summed E-state index contributed by atoms with van der Waals surface area (Å²) in [5.74, 6) is -0.219. The summed E-state index contributed by atoms with van der Waals surface area (Å²) in [7, 11) is 1.38. The Morgan fingerprint density at radius 3 is 2.24 bits per heavy atom. The second-order valence-corrected chi connectivity index (χ2v) is 6.38. The van der Waals surface area contributed by atoms with Gasteiger partial charge in [-0.1, -0.05) is 66.5 Å². The molecule has 0 saturated heterocycles. The normalized spacial score (nSPS) is 11.5. The van der Waals surface area contributed by atoms with Crippen molar-refractivity contribution < 1.29 is 14.4 Å². The number of halogens is 2. The predicted octanol–water partition coefficient (Wildman–Crippen LogP) is 4.60. The molecule has 0 aliphatic rings. The van der Waals surface area contributed by atoms with Crippen molar-refractivity contribution in [2.75, 3.05) is 7.11 Å². The van der Waals surface area contributed by atoms with Gasteiger partial charge in [-0.3, -0.25) is 0 Å². The zero-order chi connectivity index (χ0) is 18.6. The third kappa shape index (κ3) is 4.44. The zero-order valence-corrected chi connectivity index (χ0v) is 15.6. The number of nitrogens with zero attached hydrogens (tertiary/aromatic N) is 1. The first-order valence-corrected chi connectivity index (χ1v) is 8.27. The van der Waals surface area contributed by atoms with Crippen LogP contribution >= 0.6 is 23.2 Å². The van der Waals surface area contributed by atoms with Crippen LogP contribution in [0.25, 0.3) is 0 Å². The van der Waals surface area contributed by atoms with Crippen LogP contribution < -0.4 is 10.5 Å². The number of hydrogen-bond donors (Lipinski definition) is 1. The van der Waals surface area contributed by atoms with Gasteiger partial charge in [0.2, 0.25) is 0 Å². The van der Waals surface area contributed by atoms with Crippen molar-refractivity contribution in [1.82, 2.24) is 0 Å². The highest BCUT2D eigenvalue weighted by molar-refractivity contribution is 6.37. The van der Waals surface area contributed by atoms with E-state index in [0.29, 0.717) is 11.5 Å². The van der Waals surface area contributed by atoms with Crippen LogP contribution in [0, 0.1) is 0 Å². The molecule has 0 unspecified atom stereocenters. The van der Waals surface area contributed by atoms with E-state index in [2.05, 4.69) is 19.0 Å². The van der Waals surface area contributed by atoms with Crippen LogP contribution in [0.3, 0.4) is 0 Å². The van der Waals surface area contributed by atoms with Gasteiger partial charge in [0.05, 0.1) is 17.2 Å². The topological polar surface area (TPSA) is 73.9 Å². The summed E-state index contributed by atoms with van der Waals surface area (Å²) < 4.78 is 5.11. The highest BCUT2D eigenvalue weighted by atomic mass is 35.5. The molecule has 0 atom stereocenters. The Hall–Kier alpha value is -2.24. The second kappa shape index (κ2) is 8.23. The van der Waals surface area contributed by atoms with E-state index in [0.717, 1.165) is 0 Å². The number of carbonyl (C=O) groups excluding carboxylic acids is 1. The molecule has 0 radical (unpaired) electrons. The largest absolute Gasteiger partial charge is 0.494 e. The molecule has 0 aliphatic carbocycles. The number of methoxy groups -OCH3 is 1. The molecule has 25 heavy (non-hydrogen) atoms. The van der Waals surface area contributed by atoms with Gasteiger partial charge in [0.1, 0.15) is 5.56 Å². The summed E-state index contributed by atoms with van der Waals surface area (Å²) >= 11 is 12.0. The number of rotatable bonds is 5. The van der Waals surface area contributed by atoms with Crippen molar-refractivity contribution in [3.05, 3.63) is 63.1 Å². The summed E-state index contributed by atoms with van der Waals surface area (Å²) in [6, 6.07) is 10.5. The van der Waals surface area contributed by atoms with Gasteiger partial charge in [0, 0.05) is 5.56 Å². The lowest BCUT2D eigenvalue weighted by Crippen LogP contribution is -2.15. The minimum atomic E-state index is -0.814. The van der Waals surface area contributed by atoms with Crippen LogP contribution in [0.2, 0.25) is 10.0 Å². The van der Waals surface area contributed by atoms with Crippen molar-refractivity contribution in [3.63, 3.8) is 0 Å². The first-order chi connectivity index (χ1) is 11.8. The van der Waals surface area contributed by atoms with E-state index in [9.17, 15) is 4.79 Å². The molecule has 0 fully saturated rings. The van der Waals surface area contributed by atoms with E-state index < -0.39 is 5.97 Å². The number of hydrogen-bond acceptors (Lipinski definition) is 4. The molecule has 7 heteroatoms. The lowest BCUT2D eigenvalue weighted by molar-refractivity contribution is 0.0512. The average molecular weight is 381 g/mol. The molecular formula is C18H18Cl2N2O3. The number of ether oxygens (including phenoxy) is 1. The SMILES string of the molecule is COc1c(Cl)ccc(Cl)c1C(=O)O/N=C(\N)c1ccc(C(C)C)cc1. The zero-order valence-electron chi connectivity index (χ0n) is 14.0. The number of oxime groups is 1. The van der Waals surface area contributed by atoms with E-state index in [-0.39, 0.29) is 27.2 Å². The van der Waals surface area contributed by atoms with Gasteiger partial charge in [-0.2, -0.15) is 0 Å². The van der Waals surface area contributed by atoms with Gasteiger partial charge in [0.25, 0.3) is 0 Å². The second-order valence-electron chi connectivity index (χ2n) is 5.57. The molecular weight excluding hydrogens is 363 g/mol. The van der Waals surface area contributed by atoms with Gasteiger partial charge in [-0.05, 0) is 23.6 Å². The maximum atomic E-state index is 12.3. The molecule has 0 aromatic heterocycles. The molecule has 2 N–H and O–H groups in total. The van der Waals surface area contributed by atoms with E-state index in [1.54, 1.807) is 0 Å². The van der Waals surface area contributed by atoms with Gasteiger partial charge < -0.3 is 15.3 Å². The Kier molecular flexibility index (Phi) is 6.28. The molecule has 2 rings (SSSR count). The Morgan fingerprint density at radius 2 is 1.68 bits per heavy atom. The molecule has 0 bridgehead atoms. The number of benzene rings is 2. The molecule has 2 aromatic rings. The molecule has 0 spiro atoms. The molecule has 0 amide bonds. The van der Waals surface area contributed by atoms with E-state index in [1.807, 2.05) is 24.3 Å². The highest BCUT2D eigenvalue weighted by Crippen LogP contribution is 2.34. The maximum absolute atomic E-state index is 12.3. The highest BCUT2D eigenvalue weighted by Gasteiger charge is 2.21. The Bertz CT molecular complexity index is 803. The third-order valence-electron chi connectivity index (χ3n) is 3.57. The number of amidine groups is 1. The van der Waals surface area contributed by atoms with Crippen LogP contribution in [-0.2, 0) is 4.84 Å². The third-order valence-corrected chi connectivity index (χ3v) is 4.18. The number of nitrogens with two attached hydrogens (primary N) is 1. The van der Waals surface area contributed by atoms with Crippen molar-refractivity contribution in [1.29, 1.82) is 0 Å². The minimum Gasteiger partial charge on any atom is -0.494 e. The summed E-state index contributed by atoms with van der Waals surface area (Å²) in [5, 5.41) is 4.06. The van der Waals surface area contributed by atoms with Gasteiger partial charge >= 0.3 is 5.97 Å². The van der Waals surface area contributed by atoms with Crippen LogP contribution in [0.5, 0.6) is 5.75 Å². The smallest absolute Gasteiger partial charge is 0.371 e. The fourth-order valence-electron chi connectivity index (χ4n) is 2.15. The van der Waals surface area contributed by atoms with Crippen molar-refractivity contribution in [2.45, 2.75) is 19.8 Å². The summed E-state index contributed by atoms with van der Waals surface area (Å²) in [6.45, 7) is 4.19. The van der Waals surface area contributed by atoms with Gasteiger partial charge in [-0.15, -0.1) is 0 Å². The molecule has 5 nitrogen and oxygen atoms in total. The fourth-order valence-corrected chi connectivity index (χ4v) is 2.61. The lowest BCUT2D eigenvalue weighted by atomic mass is 10.0. The molecule has 132 valence electrons. The van der Waals surface area contributed by atoms with Crippen LogP contribution in [0.1, 0.15) is 41.3 Å². The first kappa shape index (κ1) is 19.1. The van der Waals surface area contributed by atoms with Crippen molar-refractivity contribution in [3.8, 4) is 5.75 Å². The van der Waals surface area contributed by atoms with E-state index in [1.165, 1.54) is 24.8 Å². The summed E-state index contributed by atoms with van der Waals surface area (Å²) in [6.07, 6.45) is 0. The molecule has 0 heterocycles. The van der Waals surface area contributed by atoms with Crippen LogP contribution in [0.15, 0.2) is 41.6 Å². The van der Waals surface area contributed by atoms with Crippen molar-refractivity contribution in [2.24, 2.45) is 10.9 Å². The Morgan fingerprint density at radius 1 is 1.08 bits per heavy atom. The van der Waals surface area contributed by atoms with Gasteiger partial charge in [0.15, 0.2) is 11.6 Å². The number of carbonyl (C=O) groups is 1. The summed E-state index contributed by atoms with van der Waals surface area (Å²) in [4.78, 5) is 17.2. The fraction of sp³-hybridized carbons (Fsp3) is 0.222. The standard InChI is InChI=1S/C18H18Cl2N2O3/c1-10(2)11-4-6-12(7-5-11)17(21)22-25-18(23)15-13(19)8-9-14(20)16(15)24-3/h4-10H,1-3H3,(H2,21,22). The maximum Gasteiger partial charge on any atom is 0.371 e. The molecule has 0 aliphatic heterocycles.